The van der Waals surface area contributed by atoms with Crippen molar-refractivity contribution in [1.29, 1.82) is 0 Å². The fourth-order valence-electron chi connectivity index (χ4n) is 2.35. The molecule has 0 aliphatic heterocycles. The van der Waals surface area contributed by atoms with Gasteiger partial charge in [0.25, 0.3) is 0 Å². The summed E-state index contributed by atoms with van der Waals surface area (Å²) in [5.41, 5.74) is 2.16. The van der Waals surface area contributed by atoms with Crippen LogP contribution >= 0.6 is 0 Å². The van der Waals surface area contributed by atoms with Crippen molar-refractivity contribution in [2.45, 2.75) is 19.4 Å². The SMILES string of the molecule is CC(NC(=O)Cc1ccccc1F)c1nc2ccccc2[nH]1. The molecule has 112 valence electrons. The van der Waals surface area contributed by atoms with Crippen molar-refractivity contribution in [2.24, 2.45) is 0 Å². The second-order valence-corrected chi connectivity index (χ2v) is 5.20. The summed E-state index contributed by atoms with van der Waals surface area (Å²) in [6, 6.07) is 13.7. The Balaban J connectivity index is 1.69. The maximum Gasteiger partial charge on any atom is 0.225 e. The predicted molar refractivity (Wildman–Crippen MR) is 82.8 cm³/mol. The molecule has 4 nitrogen and oxygen atoms in total. The monoisotopic (exact) mass is 297 g/mol. The lowest BCUT2D eigenvalue weighted by atomic mass is 10.1. The molecule has 5 heteroatoms. The minimum atomic E-state index is -0.367. The van der Waals surface area contributed by atoms with Crippen LogP contribution in [0.2, 0.25) is 0 Å². The molecule has 1 amide bonds. The van der Waals surface area contributed by atoms with E-state index < -0.39 is 0 Å². The smallest absolute Gasteiger partial charge is 0.225 e. The summed E-state index contributed by atoms with van der Waals surface area (Å²) in [5, 5.41) is 2.83. The zero-order valence-electron chi connectivity index (χ0n) is 12.1. The van der Waals surface area contributed by atoms with Gasteiger partial charge < -0.3 is 10.3 Å². The molecule has 2 aromatic carbocycles. The second-order valence-electron chi connectivity index (χ2n) is 5.20. The molecular formula is C17H16FN3O. The normalized spacial score (nSPS) is 12.3. The third-order valence-electron chi connectivity index (χ3n) is 3.50. The number of aromatic amines is 1. The highest BCUT2D eigenvalue weighted by atomic mass is 19.1. The molecule has 22 heavy (non-hydrogen) atoms. The van der Waals surface area contributed by atoms with Crippen LogP contribution in [0.5, 0.6) is 0 Å². The summed E-state index contributed by atoms with van der Waals surface area (Å²) < 4.78 is 13.6. The van der Waals surface area contributed by atoms with Crippen LogP contribution in [0.15, 0.2) is 48.5 Å². The van der Waals surface area contributed by atoms with Crippen LogP contribution in [0.25, 0.3) is 11.0 Å². The van der Waals surface area contributed by atoms with Gasteiger partial charge in [0.1, 0.15) is 11.6 Å². The number of nitrogens with one attached hydrogen (secondary N) is 2. The molecule has 3 aromatic rings. The van der Waals surface area contributed by atoms with E-state index >= 15 is 0 Å². The van der Waals surface area contributed by atoms with E-state index in [2.05, 4.69) is 15.3 Å². The number of aromatic nitrogens is 2. The first kappa shape index (κ1) is 14.3. The molecule has 0 fully saturated rings. The highest BCUT2D eigenvalue weighted by Crippen LogP contribution is 2.16. The average molecular weight is 297 g/mol. The fraction of sp³-hybridized carbons (Fsp3) is 0.176. The molecule has 0 radical (unpaired) electrons. The van der Waals surface area contributed by atoms with Gasteiger partial charge in [-0.1, -0.05) is 30.3 Å². The number of benzene rings is 2. The lowest BCUT2D eigenvalue weighted by Crippen LogP contribution is -2.29. The summed E-state index contributed by atoms with van der Waals surface area (Å²) in [6.45, 7) is 1.84. The molecule has 0 saturated carbocycles. The van der Waals surface area contributed by atoms with Crippen LogP contribution in [0.3, 0.4) is 0 Å². The first-order valence-electron chi connectivity index (χ1n) is 7.11. The average Bonchev–Trinajstić information content (AvgIpc) is 2.93. The van der Waals surface area contributed by atoms with Crippen LogP contribution in [0.1, 0.15) is 24.4 Å². The third-order valence-corrected chi connectivity index (χ3v) is 3.50. The Kier molecular flexibility index (Phi) is 3.87. The number of rotatable bonds is 4. The standard InChI is InChI=1S/C17H16FN3O/c1-11(17-20-14-8-4-5-9-15(14)21-17)19-16(22)10-12-6-2-3-7-13(12)18/h2-9,11H,10H2,1H3,(H,19,22)(H,20,21). The minimum Gasteiger partial charge on any atom is -0.346 e. The van der Waals surface area contributed by atoms with Crippen molar-refractivity contribution in [2.75, 3.05) is 0 Å². The number of hydrogen-bond donors (Lipinski definition) is 2. The Morgan fingerprint density at radius 3 is 2.73 bits per heavy atom. The van der Waals surface area contributed by atoms with E-state index in [1.165, 1.54) is 6.07 Å². The van der Waals surface area contributed by atoms with Crippen molar-refractivity contribution >= 4 is 16.9 Å². The molecule has 0 aliphatic carbocycles. The molecular weight excluding hydrogens is 281 g/mol. The number of hydrogen-bond acceptors (Lipinski definition) is 2. The summed E-state index contributed by atoms with van der Waals surface area (Å²) in [7, 11) is 0. The molecule has 1 atom stereocenters. The van der Waals surface area contributed by atoms with Gasteiger partial charge >= 0.3 is 0 Å². The quantitative estimate of drug-likeness (QED) is 0.777. The Morgan fingerprint density at radius 2 is 1.95 bits per heavy atom. The van der Waals surface area contributed by atoms with E-state index in [-0.39, 0.29) is 24.2 Å². The molecule has 2 N–H and O–H groups in total. The van der Waals surface area contributed by atoms with Crippen molar-refractivity contribution in [3.05, 3.63) is 65.7 Å². The van der Waals surface area contributed by atoms with E-state index in [4.69, 9.17) is 0 Å². The molecule has 3 rings (SSSR count). The van der Waals surface area contributed by atoms with E-state index in [1.54, 1.807) is 18.2 Å². The van der Waals surface area contributed by atoms with Crippen molar-refractivity contribution in [3.8, 4) is 0 Å². The van der Waals surface area contributed by atoms with Crippen LogP contribution < -0.4 is 5.32 Å². The number of carbonyl (C=O) groups is 1. The Morgan fingerprint density at radius 1 is 1.23 bits per heavy atom. The molecule has 0 saturated heterocycles. The lowest BCUT2D eigenvalue weighted by Gasteiger charge is -2.11. The van der Waals surface area contributed by atoms with Crippen LogP contribution in [-0.2, 0) is 11.2 Å². The van der Waals surface area contributed by atoms with Gasteiger partial charge in [0.2, 0.25) is 5.91 Å². The number of fused-ring (bicyclic) bond motifs is 1. The lowest BCUT2D eigenvalue weighted by molar-refractivity contribution is -0.121. The van der Waals surface area contributed by atoms with E-state index in [0.29, 0.717) is 11.4 Å². The van der Waals surface area contributed by atoms with Crippen molar-refractivity contribution in [1.82, 2.24) is 15.3 Å². The Labute approximate surface area is 127 Å². The molecule has 0 spiro atoms. The maximum absolute atomic E-state index is 13.6. The van der Waals surface area contributed by atoms with Gasteiger partial charge in [0, 0.05) is 0 Å². The van der Waals surface area contributed by atoms with E-state index in [0.717, 1.165) is 11.0 Å². The van der Waals surface area contributed by atoms with Crippen LogP contribution in [-0.4, -0.2) is 15.9 Å². The van der Waals surface area contributed by atoms with Gasteiger partial charge in [-0.05, 0) is 30.7 Å². The first-order valence-corrected chi connectivity index (χ1v) is 7.11. The second kappa shape index (κ2) is 5.97. The van der Waals surface area contributed by atoms with E-state index in [1.807, 2.05) is 31.2 Å². The summed E-state index contributed by atoms with van der Waals surface area (Å²) in [6.07, 6.45) is 0.0112. The molecule has 1 unspecified atom stereocenters. The zero-order chi connectivity index (χ0) is 15.5. The van der Waals surface area contributed by atoms with E-state index in [9.17, 15) is 9.18 Å². The van der Waals surface area contributed by atoms with Gasteiger partial charge in [0.05, 0.1) is 23.5 Å². The first-order chi connectivity index (χ1) is 10.6. The molecule has 1 aromatic heterocycles. The van der Waals surface area contributed by atoms with Gasteiger partial charge in [-0.15, -0.1) is 0 Å². The number of carbonyl (C=O) groups excluding carboxylic acids is 1. The summed E-state index contributed by atoms with van der Waals surface area (Å²) in [5.74, 6) is 0.0789. The summed E-state index contributed by atoms with van der Waals surface area (Å²) in [4.78, 5) is 19.7. The highest BCUT2D eigenvalue weighted by Gasteiger charge is 2.14. The van der Waals surface area contributed by atoms with Gasteiger partial charge in [-0.25, -0.2) is 9.37 Å². The summed E-state index contributed by atoms with van der Waals surface area (Å²) >= 11 is 0. The number of imidazole rings is 1. The topological polar surface area (TPSA) is 57.8 Å². The van der Waals surface area contributed by atoms with Crippen molar-refractivity contribution in [3.63, 3.8) is 0 Å². The number of para-hydroxylation sites is 2. The van der Waals surface area contributed by atoms with Crippen LogP contribution in [0.4, 0.5) is 4.39 Å². The number of amides is 1. The highest BCUT2D eigenvalue weighted by molar-refractivity contribution is 5.79. The third kappa shape index (κ3) is 2.98. The zero-order valence-corrected chi connectivity index (χ0v) is 12.1. The molecule has 0 aliphatic rings. The van der Waals surface area contributed by atoms with Gasteiger partial charge in [-0.3, -0.25) is 4.79 Å². The number of H-pyrrole nitrogens is 1. The predicted octanol–water partition coefficient (Wildman–Crippen LogP) is 3.12. The maximum atomic E-state index is 13.6. The Hall–Kier alpha value is -2.69. The molecule has 0 bridgehead atoms. The minimum absolute atomic E-state index is 0.0112. The van der Waals surface area contributed by atoms with Gasteiger partial charge in [0.15, 0.2) is 0 Å². The number of halogens is 1. The largest absolute Gasteiger partial charge is 0.346 e. The Bertz CT molecular complexity index is 779. The van der Waals surface area contributed by atoms with Gasteiger partial charge in [-0.2, -0.15) is 0 Å². The molecule has 1 heterocycles. The van der Waals surface area contributed by atoms with Crippen LogP contribution in [0, 0.1) is 5.82 Å². The number of nitrogens with zero attached hydrogens (tertiary/aromatic N) is 1. The fourth-order valence-corrected chi connectivity index (χ4v) is 2.35. The van der Waals surface area contributed by atoms with Crippen molar-refractivity contribution < 1.29 is 9.18 Å².